The van der Waals surface area contributed by atoms with Gasteiger partial charge in [0, 0.05) is 29.1 Å². The van der Waals surface area contributed by atoms with Gasteiger partial charge < -0.3 is 15.6 Å². The van der Waals surface area contributed by atoms with Gasteiger partial charge in [-0.3, -0.25) is 0 Å². The molecule has 1 aromatic heterocycles. The summed E-state index contributed by atoms with van der Waals surface area (Å²) in [6.07, 6.45) is 5.55. The van der Waals surface area contributed by atoms with Crippen LogP contribution in [0.3, 0.4) is 0 Å². The molecule has 1 aliphatic carbocycles. The molecule has 1 atom stereocenters. The molecule has 33 heavy (non-hydrogen) atoms. The van der Waals surface area contributed by atoms with E-state index in [1.807, 2.05) is 12.1 Å². The third-order valence-electron chi connectivity index (χ3n) is 6.90. The van der Waals surface area contributed by atoms with Crippen molar-refractivity contribution in [3.63, 3.8) is 0 Å². The van der Waals surface area contributed by atoms with Gasteiger partial charge >= 0.3 is 6.18 Å². The first kappa shape index (κ1) is 23.8. The molecule has 1 aliphatic rings. The molecule has 1 fully saturated rings. The van der Waals surface area contributed by atoms with Crippen molar-refractivity contribution in [3.8, 4) is 0 Å². The molecule has 1 heterocycles. The summed E-state index contributed by atoms with van der Waals surface area (Å²) in [5.41, 5.74) is 8.04. The van der Waals surface area contributed by atoms with Crippen LogP contribution in [0, 0.1) is 0 Å². The Hall–Kier alpha value is -2.31. The Labute approximate surface area is 194 Å². The van der Waals surface area contributed by atoms with Gasteiger partial charge in [-0.1, -0.05) is 55.7 Å². The lowest BCUT2D eigenvalue weighted by atomic mass is 9.87. The molecule has 0 radical (unpaired) electrons. The molecule has 178 valence electrons. The monoisotopic (exact) mass is 457 g/mol. The van der Waals surface area contributed by atoms with E-state index in [0.29, 0.717) is 12.6 Å². The molecule has 3 N–H and O–H groups in total. The molecular weight excluding hydrogens is 423 g/mol. The van der Waals surface area contributed by atoms with Crippen LogP contribution in [0.5, 0.6) is 0 Å². The first-order valence-electron chi connectivity index (χ1n) is 12.2. The van der Waals surface area contributed by atoms with Gasteiger partial charge in [0.15, 0.2) is 0 Å². The quantitative estimate of drug-likeness (QED) is 0.354. The minimum absolute atomic E-state index is 0.118. The zero-order valence-corrected chi connectivity index (χ0v) is 19.1. The summed E-state index contributed by atoms with van der Waals surface area (Å²) in [5, 5.41) is 4.56. The van der Waals surface area contributed by atoms with Crippen LogP contribution in [-0.2, 0) is 6.18 Å². The van der Waals surface area contributed by atoms with Crippen molar-refractivity contribution in [1.82, 2.24) is 9.88 Å². The molecule has 4 rings (SSSR count). The third kappa shape index (κ3) is 5.61. The highest BCUT2D eigenvalue weighted by atomic mass is 19.4. The number of nitrogens with zero attached hydrogens (tertiary/aromatic N) is 1. The molecule has 0 amide bonds. The van der Waals surface area contributed by atoms with Gasteiger partial charge in [-0.15, -0.1) is 0 Å². The first-order valence-corrected chi connectivity index (χ1v) is 12.2. The van der Waals surface area contributed by atoms with Crippen molar-refractivity contribution in [3.05, 3.63) is 71.4 Å². The number of halogens is 3. The van der Waals surface area contributed by atoms with E-state index in [1.165, 1.54) is 36.9 Å². The fraction of sp³-hybridized carbons (Fsp3) is 0.481. The minimum atomic E-state index is -4.35. The molecule has 0 bridgehead atoms. The summed E-state index contributed by atoms with van der Waals surface area (Å²) < 4.78 is 42.9. The number of fused-ring (bicyclic) bond motifs is 1. The van der Waals surface area contributed by atoms with E-state index >= 15 is 0 Å². The number of hydrogen-bond acceptors (Lipinski definition) is 2. The predicted octanol–water partition coefficient (Wildman–Crippen LogP) is 6.63. The number of aromatic nitrogens is 1. The van der Waals surface area contributed by atoms with Crippen molar-refractivity contribution < 1.29 is 13.2 Å². The van der Waals surface area contributed by atoms with Gasteiger partial charge in [0.25, 0.3) is 0 Å². The predicted molar refractivity (Wildman–Crippen MR) is 129 cm³/mol. The summed E-state index contributed by atoms with van der Waals surface area (Å²) in [7, 11) is 0. The summed E-state index contributed by atoms with van der Waals surface area (Å²) in [4.78, 5) is 0. The number of rotatable bonds is 9. The zero-order valence-electron chi connectivity index (χ0n) is 19.1. The minimum Gasteiger partial charge on any atom is -0.344 e. The molecule has 1 saturated carbocycles. The van der Waals surface area contributed by atoms with E-state index in [4.69, 9.17) is 5.73 Å². The number of benzene rings is 2. The molecule has 3 aromatic rings. The highest BCUT2D eigenvalue weighted by Crippen LogP contribution is 2.40. The fourth-order valence-electron chi connectivity index (χ4n) is 5.20. The topological polar surface area (TPSA) is 43.0 Å². The number of nitrogens with one attached hydrogen (secondary N) is 1. The van der Waals surface area contributed by atoms with Crippen LogP contribution in [0.25, 0.3) is 10.9 Å². The highest BCUT2D eigenvalue weighted by Gasteiger charge is 2.31. The number of para-hydroxylation sites is 1. The summed E-state index contributed by atoms with van der Waals surface area (Å²) in [6, 6.07) is 14.7. The second-order valence-electron chi connectivity index (χ2n) is 9.16. The normalized spacial score (nSPS) is 16.4. The van der Waals surface area contributed by atoms with Crippen LogP contribution in [0.2, 0.25) is 0 Å². The fourth-order valence-corrected chi connectivity index (χ4v) is 5.20. The van der Waals surface area contributed by atoms with E-state index in [2.05, 4.69) is 34.3 Å². The van der Waals surface area contributed by atoms with Gasteiger partial charge in [-0.2, -0.15) is 13.2 Å². The molecule has 3 nitrogen and oxygen atoms in total. The van der Waals surface area contributed by atoms with Crippen LogP contribution in [-0.4, -0.2) is 24.2 Å². The summed E-state index contributed by atoms with van der Waals surface area (Å²) in [6.45, 7) is 2.17. The van der Waals surface area contributed by atoms with Crippen LogP contribution in [0.4, 0.5) is 13.2 Å². The van der Waals surface area contributed by atoms with E-state index in [9.17, 15) is 13.2 Å². The van der Waals surface area contributed by atoms with Gasteiger partial charge in [-0.05, 0) is 68.6 Å². The first-order chi connectivity index (χ1) is 16.0. The maximum atomic E-state index is 13.5. The number of hydrogen-bond donors (Lipinski definition) is 2. The van der Waals surface area contributed by atoms with E-state index in [0.717, 1.165) is 61.4 Å². The summed E-state index contributed by atoms with van der Waals surface area (Å²) >= 11 is 0. The van der Waals surface area contributed by atoms with Crippen LogP contribution in [0.15, 0.2) is 54.7 Å². The van der Waals surface area contributed by atoms with E-state index in [-0.39, 0.29) is 5.92 Å². The molecule has 0 spiro atoms. The molecule has 2 aromatic carbocycles. The number of nitrogens with two attached hydrogens (primary N) is 1. The second kappa shape index (κ2) is 10.7. The Balaban J connectivity index is 1.74. The lowest BCUT2D eigenvalue weighted by Crippen LogP contribution is -2.21. The standard InChI is InChI=1S/C27H34F3N3/c28-27(29,30)21-9-6-8-20(18-21)23(14-17-32-16-7-15-31)25-19-33(22-10-2-1-3-11-22)26-13-5-4-12-24(25)26/h4-6,8-9,12-13,18-19,22-23,32H,1-3,7,10-11,14-17,31H2. The lowest BCUT2D eigenvalue weighted by Gasteiger charge is -2.24. The smallest absolute Gasteiger partial charge is 0.344 e. The average Bonchev–Trinajstić information content (AvgIpc) is 3.21. The third-order valence-corrected chi connectivity index (χ3v) is 6.90. The average molecular weight is 458 g/mol. The molecule has 6 heteroatoms. The molecular formula is C27H34F3N3. The van der Waals surface area contributed by atoms with Crippen LogP contribution >= 0.6 is 0 Å². The van der Waals surface area contributed by atoms with Crippen molar-refractivity contribution in [1.29, 1.82) is 0 Å². The Bertz CT molecular complexity index is 1030. The Morgan fingerprint density at radius 2 is 1.79 bits per heavy atom. The maximum absolute atomic E-state index is 13.5. The highest BCUT2D eigenvalue weighted by molar-refractivity contribution is 5.85. The SMILES string of the molecule is NCCCNCCC(c1cccc(C(F)(F)F)c1)c1cn(C2CCCCC2)c2ccccc12. The lowest BCUT2D eigenvalue weighted by molar-refractivity contribution is -0.137. The van der Waals surface area contributed by atoms with E-state index < -0.39 is 11.7 Å². The van der Waals surface area contributed by atoms with Gasteiger partial charge in [0.1, 0.15) is 0 Å². The maximum Gasteiger partial charge on any atom is 0.416 e. The Morgan fingerprint density at radius 3 is 2.55 bits per heavy atom. The Morgan fingerprint density at radius 1 is 1.00 bits per heavy atom. The largest absolute Gasteiger partial charge is 0.416 e. The van der Waals surface area contributed by atoms with Crippen molar-refractivity contribution >= 4 is 10.9 Å². The molecule has 0 aliphatic heterocycles. The Kier molecular flexibility index (Phi) is 7.76. The van der Waals surface area contributed by atoms with Crippen molar-refractivity contribution in [2.45, 2.75) is 63.1 Å². The van der Waals surface area contributed by atoms with Crippen molar-refractivity contribution in [2.75, 3.05) is 19.6 Å². The molecule has 1 unspecified atom stereocenters. The van der Waals surface area contributed by atoms with Crippen molar-refractivity contribution in [2.24, 2.45) is 5.73 Å². The van der Waals surface area contributed by atoms with Gasteiger partial charge in [0.05, 0.1) is 5.56 Å². The second-order valence-corrected chi connectivity index (χ2v) is 9.16. The van der Waals surface area contributed by atoms with Gasteiger partial charge in [-0.25, -0.2) is 0 Å². The van der Waals surface area contributed by atoms with Crippen LogP contribution < -0.4 is 11.1 Å². The summed E-state index contributed by atoms with van der Waals surface area (Å²) in [5.74, 6) is -0.118. The number of alkyl halides is 3. The van der Waals surface area contributed by atoms with Crippen LogP contribution in [0.1, 0.15) is 73.6 Å². The zero-order chi connectivity index (χ0) is 23.3. The van der Waals surface area contributed by atoms with Gasteiger partial charge in [0.2, 0.25) is 0 Å². The molecule has 0 saturated heterocycles. The van der Waals surface area contributed by atoms with E-state index in [1.54, 1.807) is 0 Å².